The minimum Gasteiger partial charge on any atom is -0.490 e. The van der Waals surface area contributed by atoms with Gasteiger partial charge in [-0.2, -0.15) is 5.10 Å². The predicted octanol–water partition coefficient (Wildman–Crippen LogP) is 4.74. The van der Waals surface area contributed by atoms with Crippen LogP contribution in [0.1, 0.15) is 27.7 Å². The van der Waals surface area contributed by atoms with E-state index >= 15 is 0 Å². The molecule has 0 spiro atoms. The summed E-state index contributed by atoms with van der Waals surface area (Å²) in [6.07, 6.45) is 1.57. The molecule has 3 aromatic rings. The van der Waals surface area contributed by atoms with Crippen molar-refractivity contribution in [3.8, 4) is 11.5 Å². The van der Waals surface area contributed by atoms with Crippen LogP contribution < -0.4 is 14.9 Å². The van der Waals surface area contributed by atoms with Crippen LogP contribution in [0.5, 0.6) is 11.5 Å². The molecule has 1 saturated heterocycles. The number of benzene rings is 2. The van der Waals surface area contributed by atoms with Crippen LogP contribution in [0.15, 0.2) is 41.5 Å². The predicted molar refractivity (Wildman–Crippen MR) is 137 cm³/mol. The summed E-state index contributed by atoms with van der Waals surface area (Å²) >= 11 is 7.78. The van der Waals surface area contributed by atoms with Gasteiger partial charge in [0.2, 0.25) is 0 Å². The molecule has 2 heterocycles. The van der Waals surface area contributed by atoms with Crippen LogP contribution in [0, 0.1) is 6.92 Å². The molecule has 1 N–H and O–H groups in total. The number of hydrazone groups is 1. The number of nitrogens with zero attached hydrogens (tertiary/aromatic N) is 2. The maximum atomic E-state index is 12.6. The highest BCUT2D eigenvalue weighted by Gasteiger charge is 2.17. The van der Waals surface area contributed by atoms with Crippen molar-refractivity contribution in [1.82, 2.24) is 10.3 Å². The molecule has 4 rings (SSSR count). The lowest BCUT2D eigenvalue weighted by Gasteiger charge is -2.26. The van der Waals surface area contributed by atoms with Gasteiger partial charge in [0.1, 0.15) is 11.5 Å². The highest BCUT2D eigenvalue weighted by molar-refractivity contribution is 7.21. The molecule has 0 saturated carbocycles. The molecule has 180 valence electrons. The van der Waals surface area contributed by atoms with E-state index in [4.69, 9.17) is 25.8 Å². The van der Waals surface area contributed by atoms with Crippen molar-refractivity contribution >= 4 is 45.1 Å². The van der Waals surface area contributed by atoms with Crippen molar-refractivity contribution in [1.29, 1.82) is 0 Å². The number of rotatable bonds is 9. The van der Waals surface area contributed by atoms with Gasteiger partial charge in [0.05, 0.1) is 31.1 Å². The van der Waals surface area contributed by atoms with Crippen LogP contribution in [-0.4, -0.2) is 63.1 Å². The normalized spacial score (nSPS) is 14.6. The van der Waals surface area contributed by atoms with E-state index in [0.717, 1.165) is 54.1 Å². The first-order chi connectivity index (χ1) is 16.5. The second-order valence-corrected chi connectivity index (χ2v) is 9.32. The summed E-state index contributed by atoms with van der Waals surface area (Å²) in [4.78, 5) is 15.4. The van der Waals surface area contributed by atoms with E-state index in [1.54, 1.807) is 6.21 Å². The maximum Gasteiger partial charge on any atom is 0.283 e. The Labute approximate surface area is 208 Å². The van der Waals surface area contributed by atoms with Crippen molar-refractivity contribution in [2.24, 2.45) is 5.10 Å². The first-order valence-corrected chi connectivity index (χ1v) is 12.5. The minimum absolute atomic E-state index is 0.340. The number of halogens is 1. The summed E-state index contributed by atoms with van der Waals surface area (Å²) in [5, 5.41) is 5.43. The van der Waals surface area contributed by atoms with Crippen LogP contribution in [0.2, 0.25) is 5.02 Å². The van der Waals surface area contributed by atoms with E-state index in [1.165, 1.54) is 11.3 Å². The fraction of sp³-hybridized carbons (Fsp3) is 0.360. The van der Waals surface area contributed by atoms with E-state index in [2.05, 4.69) is 15.4 Å². The van der Waals surface area contributed by atoms with Crippen LogP contribution in [0.3, 0.4) is 0 Å². The van der Waals surface area contributed by atoms with Gasteiger partial charge in [0.15, 0.2) is 11.5 Å². The lowest BCUT2D eigenvalue weighted by Crippen LogP contribution is -2.38. The molecule has 0 bridgehead atoms. The Kier molecular flexibility index (Phi) is 8.39. The second-order valence-electron chi connectivity index (χ2n) is 7.89. The van der Waals surface area contributed by atoms with Gasteiger partial charge >= 0.3 is 0 Å². The van der Waals surface area contributed by atoms with Crippen LogP contribution in [-0.2, 0) is 4.74 Å². The molecule has 0 atom stereocenters. The first-order valence-electron chi connectivity index (χ1n) is 11.3. The molecule has 0 aliphatic carbocycles. The summed E-state index contributed by atoms with van der Waals surface area (Å²) in [6, 6.07) is 11.5. The standard InChI is InChI=1S/C25H28ClN3O4S/c1-3-32-21-15-18(5-7-20(21)33-13-10-29-8-11-31-12-9-29)16-27-28-25(30)24-23(26)19-6-4-17(2)14-22(19)34-24/h4-7,14-16H,3,8-13H2,1-2H3,(H,28,30)/b27-16+. The molecule has 9 heteroatoms. The van der Waals surface area contributed by atoms with Gasteiger partial charge in [-0.15, -0.1) is 11.3 Å². The highest BCUT2D eigenvalue weighted by atomic mass is 35.5. The Bertz CT molecular complexity index is 1170. The van der Waals surface area contributed by atoms with Gasteiger partial charge in [-0.3, -0.25) is 9.69 Å². The van der Waals surface area contributed by atoms with E-state index in [1.807, 2.05) is 50.2 Å². The summed E-state index contributed by atoms with van der Waals surface area (Å²) in [6.45, 7) is 9.24. The Morgan fingerprint density at radius 1 is 1.21 bits per heavy atom. The molecular weight excluding hydrogens is 474 g/mol. The fourth-order valence-corrected chi connectivity index (χ4v) is 5.14. The van der Waals surface area contributed by atoms with Crippen LogP contribution >= 0.6 is 22.9 Å². The molecule has 0 unspecified atom stereocenters. The quantitative estimate of drug-likeness (QED) is 0.339. The van der Waals surface area contributed by atoms with Crippen molar-refractivity contribution in [3.63, 3.8) is 0 Å². The lowest BCUT2D eigenvalue weighted by molar-refractivity contribution is 0.0321. The van der Waals surface area contributed by atoms with Crippen molar-refractivity contribution in [2.45, 2.75) is 13.8 Å². The van der Waals surface area contributed by atoms with Crippen molar-refractivity contribution in [3.05, 3.63) is 57.4 Å². The van der Waals surface area contributed by atoms with Gasteiger partial charge in [0.25, 0.3) is 5.91 Å². The molecule has 1 aliphatic heterocycles. The topological polar surface area (TPSA) is 72.4 Å². The molecule has 7 nitrogen and oxygen atoms in total. The first kappa shape index (κ1) is 24.5. The number of aryl methyl sites for hydroxylation is 1. The van der Waals surface area contributed by atoms with Crippen LogP contribution in [0.25, 0.3) is 10.1 Å². The number of thiophene rings is 1. The molecule has 1 aliphatic rings. The maximum absolute atomic E-state index is 12.6. The number of amides is 1. The van der Waals surface area contributed by atoms with Gasteiger partial charge in [-0.1, -0.05) is 23.7 Å². The Balaban J connectivity index is 1.37. The zero-order chi connectivity index (χ0) is 23.9. The molecule has 1 amide bonds. The molecular formula is C25H28ClN3O4S. The van der Waals surface area contributed by atoms with Crippen LogP contribution in [0.4, 0.5) is 0 Å². The second kappa shape index (κ2) is 11.7. The third kappa shape index (κ3) is 6.07. The summed E-state index contributed by atoms with van der Waals surface area (Å²) in [5.41, 5.74) is 4.47. The number of carbonyl (C=O) groups is 1. The minimum atomic E-state index is -0.340. The SMILES string of the molecule is CCOc1cc(/C=N/NC(=O)c2sc3cc(C)ccc3c2Cl)ccc1OCCN1CCOCC1. The van der Waals surface area contributed by atoms with E-state index in [-0.39, 0.29) is 5.91 Å². The van der Waals surface area contributed by atoms with E-state index in [0.29, 0.717) is 34.6 Å². The Morgan fingerprint density at radius 2 is 2.03 bits per heavy atom. The molecule has 1 aromatic heterocycles. The summed E-state index contributed by atoms with van der Waals surface area (Å²) < 4.78 is 18.1. The van der Waals surface area contributed by atoms with E-state index < -0.39 is 0 Å². The lowest BCUT2D eigenvalue weighted by atomic mass is 10.2. The molecule has 0 radical (unpaired) electrons. The third-order valence-corrected chi connectivity index (χ3v) is 7.06. The number of hydrogen-bond donors (Lipinski definition) is 1. The highest BCUT2D eigenvalue weighted by Crippen LogP contribution is 2.35. The zero-order valence-electron chi connectivity index (χ0n) is 19.3. The summed E-state index contributed by atoms with van der Waals surface area (Å²) in [5.74, 6) is 0.986. The number of fused-ring (bicyclic) bond motifs is 1. The average Bonchev–Trinajstić information content (AvgIpc) is 3.16. The Hall–Kier alpha value is -2.65. The van der Waals surface area contributed by atoms with Crippen molar-refractivity contribution < 1.29 is 19.0 Å². The van der Waals surface area contributed by atoms with Gasteiger partial charge < -0.3 is 14.2 Å². The van der Waals surface area contributed by atoms with Gasteiger partial charge in [-0.05, 0) is 49.2 Å². The molecule has 34 heavy (non-hydrogen) atoms. The number of hydrogen-bond acceptors (Lipinski definition) is 7. The smallest absolute Gasteiger partial charge is 0.283 e. The fourth-order valence-electron chi connectivity index (χ4n) is 3.64. The Morgan fingerprint density at radius 3 is 2.82 bits per heavy atom. The molecule has 2 aromatic carbocycles. The third-order valence-electron chi connectivity index (χ3n) is 5.41. The monoisotopic (exact) mass is 501 g/mol. The largest absolute Gasteiger partial charge is 0.490 e. The molecule has 1 fully saturated rings. The zero-order valence-corrected chi connectivity index (χ0v) is 20.9. The van der Waals surface area contributed by atoms with Gasteiger partial charge in [-0.25, -0.2) is 5.43 Å². The summed E-state index contributed by atoms with van der Waals surface area (Å²) in [7, 11) is 0. The number of ether oxygens (including phenoxy) is 3. The van der Waals surface area contributed by atoms with Gasteiger partial charge in [0, 0.05) is 29.7 Å². The van der Waals surface area contributed by atoms with E-state index in [9.17, 15) is 4.79 Å². The number of morpholine rings is 1. The average molecular weight is 502 g/mol. The number of nitrogens with one attached hydrogen (secondary N) is 1. The van der Waals surface area contributed by atoms with Crippen molar-refractivity contribution in [2.75, 3.05) is 46.1 Å². The number of carbonyl (C=O) groups excluding carboxylic acids is 1.